The number of nitrogens with one attached hydrogen (secondary N) is 1. The molecule has 1 aromatic rings. The van der Waals surface area contributed by atoms with Gasteiger partial charge in [0.1, 0.15) is 0 Å². The minimum atomic E-state index is 0.777. The van der Waals surface area contributed by atoms with Gasteiger partial charge in [-0.1, -0.05) is 13.8 Å². The van der Waals surface area contributed by atoms with E-state index in [2.05, 4.69) is 35.9 Å². The van der Waals surface area contributed by atoms with Crippen LogP contribution in [0, 0.1) is 12.8 Å². The number of aryl methyl sites for hydroxylation is 1. The van der Waals surface area contributed by atoms with E-state index in [1.807, 2.05) is 6.20 Å². The first-order chi connectivity index (χ1) is 8.16. The van der Waals surface area contributed by atoms with E-state index in [0.29, 0.717) is 0 Å². The Hall–Kier alpha value is -0.830. The van der Waals surface area contributed by atoms with Gasteiger partial charge in [0, 0.05) is 30.4 Å². The van der Waals surface area contributed by atoms with Crippen LogP contribution in [0.4, 0.5) is 0 Å². The summed E-state index contributed by atoms with van der Waals surface area (Å²) in [5.41, 5.74) is 2.70. The van der Waals surface area contributed by atoms with Crippen LogP contribution in [0.5, 0.6) is 0 Å². The number of rotatable bonds is 7. The highest BCUT2D eigenvalue weighted by atomic mass is 15.3. The Morgan fingerprint density at radius 2 is 2.24 bits per heavy atom. The van der Waals surface area contributed by atoms with Crippen molar-refractivity contribution in [2.45, 2.75) is 65.6 Å². The molecule has 1 heterocycles. The molecule has 0 amide bonds. The minimum absolute atomic E-state index is 0.777. The molecule has 2 rings (SSSR count). The highest BCUT2D eigenvalue weighted by molar-refractivity contribution is 5.16. The average Bonchev–Trinajstić information content (AvgIpc) is 3.04. The standard InChI is InChI=1S/C14H25N3/c1-11(2)5-4-8-17-12(3)13(10-16-17)9-15-14-6-7-14/h10-11,14-15H,4-9H2,1-3H3. The van der Waals surface area contributed by atoms with Crippen LogP contribution in [-0.4, -0.2) is 15.8 Å². The third kappa shape index (κ3) is 3.84. The van der Waals surface area contributed by atoms with E-state index in [1.54, 1.807) is 0 Å². The molecule has 0 radical (unpaired) electrons. The van der Waals surface area contributed by atoms with Crippen molar-refractivity contribution in [3.05, 3.63) is 17.5 Å². The fourth-order valence-corrected chi connectivity index (χ4v) is 2.08. The van der Waals surface area contributed by atoms with Gasteiger partial charge in [-0.15, -0.1) is 0 Å². The average molecular weight is 235 g/mol. The Labute approximate surface area is 105 Å². The van der Waals surface area contributed by atoms with Gasteiger partial charge in [0.25, 0.3) is 0 Å². The van der Waals surface area contributed by atoms with E-state index in [9.17, 15) is 0 Å². The van der Waals surface area contributed by atoms with Crippen molar-refractivity contribution in [2.24, 2.45) is 5.92 Å². The molecule has 0 bridgehead atoms. The Kier molecular flexibility index (Phi) is 4.21. The number of hydrogen-bond donors (Lipinski definition) is 1. The fraction of sp³-hybridized carbons (Fsp3) is 0.786. The Bertz CT molecular complexity index is 350. The minimum Gasteiger partial charge on any atom is -0.310 e. The lowest BCUT2D eigenvalue weighted by atomic mass is 10.1. The molecule has 0 saturated heterocycles. The largest absolute Gasteiger partial charge is 0.310 e. The van der Waals surface area contributed by atoms with Crippen molar-refractivity contribution < 1.29 is 0 Å². The summed E-state index contributed by atoms with van der Waals surface area (Å²) in [6.45, 7) is 8.79. The molecule has 1 saturated carbocycles. The Morgan fingerprint density at radius 1 is 1.47 bits per heavy atom. The van der Waals surface area contributed by atoms with E-state index in [0.717, 1.165) is 25.0 Å². The van der Waals surface area contributed by atoms with Gasteiger partial charge in [-0.2, -0.15) is 5.10 Å². The second kappa shape index (κ2) is 5.67. The monoisotopic (exact) mass is 235 g/mol. The van der Waals surface area contributed by atoms with Gasteiger partial charge in [-0.3, -0.25) is 4.68 Å². The topological polar surface area (TPSA) is 29.9 Å². The summed E-state index contributed by atoms with van der Waals surface area (Å²) in [5.74, 6) is 0.793. The fourth-order valence-electron chi connectivity index (χ4n) is 2.08. The normalized spacial score (nSPS) is 15.8. The molecule has 3 nitrogen and oxygen atoms in total. The van der Waals surface area contributed by atoms with Crippen molar-refractivity contribution in [3.63, 3.8) is 0 Å². The van der Waals surface area contributed by atoms with Crippen LogP contribution in [0.2, 0.25) is 0 Å². The molecule has 0 spiro atoms. The van der Waals surface area contributed by atoms with E-state index < -0.39 is 0 Å². The van der Waals surface area contributed by atoms with Crippen molar-refractivity contribution >= 4 is 0 Å². The Balaban J connectivity index is 1.80. The summed E-state index contributed by atoms with van der Waals surface area (Å²) in [7, 11) is 0. The van der Waals surface area contributed by atoms with E-state index >= 15 is 0 Å². The van der Waals surface area contributed by atoms with Gasteiger partial charge in [0.05, 0.1) is 6.20 Å². The molecule has 1 N–H and O–H groups in total. The van der Waals surface area contributed by atoms with Crippen LogP contribution in [-0.2, 0) is 13.1 Å². The third-order valence-electron chi connectivity index (χ3n) is 3.51. The molecule has 1 aromatic heterocycles. The van der Waals surface area contributed by atoms with Crippen LogP contribution in [0.15, 0.2) is 6.20 Å². The van der Waals surface area contributed by atoms with E-state index in [4.69, 9.17) is 0 Å². The SMILES string of the molecule is Cc1c(CNC2CC2)cnn1CCCC(C)C. The molecule has 96 valence electrons. The molecule has 1 aliphatic carbocycles. The van der Waals surface area contributed by atoms with E-state index in [1.165, 1.54) is 36.9 Å². The molecular weight excluding hydrogens is 210 g/mol. The van der Waals surface area contributed by atoms with Crippen molar-refractivity contribution in [1.82, 2.24) is 15.1 Å². The summed E-state index contributed by atoms with van der Waals surface area (Å²) in [4.78, 5) is 0. The maximum Gasteiger partial charge on any atom is 0.0537 e. The third-order valence-corrected chi connectivity index (χ3v) is 3.51. The second-order valence-electron chi connectivity index (χ2n) is 5.67. The molecule has 0 aliphatic heterocycles. The summed E-state index contributed by atoms with van der Waals surface area (Å²) in [6.07, 6.45) is 7.24. The molecular formula is C14H25N3. The maximum atomic E-state index is 4.49. The van der Waals surface area contributed by atoms with Crippen LogP contribution in [0.3, 0.4) is 0 Å². The maximum absolute atomic E-state index is 4.49. The highest BCUT2D eigenvalue weighted by Crippen LogP contribution is 2.20. The van der Waals surface area contributed by atoms with Gasteiger partial charge >= 0.3 is 0 Å². The molecule has 0 unspecified atom stereocenters. The van der Waals surface area contributed by atoms with Crippen LogP contribution in [0.1, 0.15) is 50.8 Å². The lowest BCUT2D eigenvalue weighted by Gasteiger charge is -2.07. The summed E-state index contributed by atoms with van der Waals surface area (Å²) in [5, 5.41) is 8.04. The van der Waals surface area contributed by atoms with Gasteiger partial charge < -0.3 is 5.32 Å². The molecule has 0 atom stereocenters. The number of nitrogens with zero attached hydrogens (tertiary/aromatic N) is 2. The summed E-state index contributed by atoms with van der Waals surface area (Å²) in [6, 6.07) is 0.777. The second-order valence-corrected chi connectivity index (χ2v) is 5.67. The molecule has 3 heteroatoms. The molecule has 1 aliphatic rings. The smallest absolute Gasteiger partial charge is 0.0537 e. The predicted octanol–water partition coefficient (Wildman–Crippen LogP) is 2.88. The number of hydrogen-bond acceptors (Lipinski definition) is 2. The first-order valence-corrected chi connectivity index (χ1v) is 6.91. The molecule has 1 fully saturated rings. The van der Waals surface area contributed by atoms with Gasteiger partial charge in [-0.05, 0) is 38.5 Å². The highest BCUT2D eigenvalue weighted by Gasteiger charge is 2.20. The summed E-state index contributed by atoms with van der Waals surface area (Å²) >= 11 is 0. The number of aromatic nitrogens is 2. The molecule has 17 heavy (non-hydrogen) atoms. The zero-order chi connectivity index (χ0) is 12.3. The lowest BCUT2D eigenvalue weighted by Crippen LogP contribution is -2.15. The van der Waals surface area contributed by atoms with Gasteiger partial charge in [0.15, 0.2) is 0 Å². The van der Waals surface area contributed by atoms with Crippen LogP contribution >= 0.6 is 0 Å². The lowest BCUT2D eigenvalue weighted by molar-refractivity contribution is 0.484. The van der Waals surface area contributed by atoms with Crippen LogP contribution < -0.4 is 5.32 Å². The van der Waals surface area contributed by atoms with Gasteiger partial charge in [-0.25, -0.2) is 0 Å². The predicted molar refractivity (Wildman–Crippen MR) is 70.9 cm³/mol. The van der Waals surface area contributed by atoms with Crippen molar-refractivity contribution in [3.8, 4) is 0 Å². The van der Waals surface area contributed by atoms with Crippen LogP contribution in [0.25, 0.3) is 0 Å². The van der Waals surface area contributed by atoms with E-state index in [-0.39, 0.29) is 0 Å². The Morgan fingerprint density at radius 3 is 2.88 bits per heavy atom. The summed E-state index contributed by atoms with van der Waals surface area (Å²) < 4.78 is 2.16. The van der Waals surface area contributed by atoms with Crippen molar-refractivity contribution in [2.75, 3.05) is 0 Å². The first-order valence-electron chi connectivity index (χ1n) is 6.91. The quantitative estimate of drug-likeness (QED) is 0.787. The zero-order valence-corrected chi connectivity index (χ0v) is 11.4. The zero-order valence-electron chi connectivity index (χ0n) is 11.4. The first kappa shape index (κ1) is 12.6. The van der Waals surface area contributed by atoms with Crippen molar-refractivity contribution in [1.29, 1.82) is 0 Å². The van der Waals surface area contributed by atoms with Gasteiger partial charge in [0.2, 0.25) is 0 Å². The molecule has 0 aromatic carbocycles.